The lowest BCUT2D eigenvalue weighted by Gasteiger charge is -2.13. The Morgan fingerprint density at radius 1 is 0.824 bits per heavy atom. The maximum atomic E-state index is 13.3. The average molecular weight is 498 g/mol. The zero-order valence-corrected chi connectivity index (χ0v) is 17.5. The minimum atomic E-state index is -5.49. The van der Waals surface area contributed by atoms with Gasteiger partial charge in [0.25, 0.3) is 9.84 Å². The molecular formula is C21H12F6N4O2S. The van der Waals surface area contributed by atoms with E-state index in [2.05, 4.69) is 20.3 Å². The topological polar surface area (TPSA) is 84.8 Å². The van der Waals surface area contributed by atoms with Crippen molar-refractivity contribution in [2.45, 2.75) is 16.6 Å². The second-order valence-corrected chi connectivity index (χ2v) is 8.89. The van der Waals surface area contributed by atoms with E-state index in [1.54, 1.807) is 0 Å². The molecule has 13 heteroatoms. The summed E-state index contributed by atoms with van der Waals surface area (Å²) in [5.74, 6) is 0.208. The highest BCUT2D eigenvalue weighted by molar-refractivity contribution is 7.92. The van der Waals surface area contributed by atoms with Gasteiger partial charge >= 0.3 is 11.7 Å². The summed E-state index contributed by atoms with van der Waals surface area (Å²) in [7, 11) is -5.49. The second-order valence-electron chi connectivity index (χ2n) is 6.95. The fourth-order valence-electron chi connectivity index (χ4n) is 3.16. The van der Waals surface area contributed by atoms with E-state index >= 15 is 0 Å². The summed E-state index contributed by atoms with van der Waals surface area (Å²) in [4.78, 5) is 11.1. The molecule has 2 aromatic carbocycles. The van der Waals surface area contributed by atoms with Gasteiger partial charge in [0.1, 0.15) is 12.1 Å². The summed E-state index contributed by atoms with van der Waals surface area (Å²) in [6.07, 6.45) is -2.22. The molecule has 0 bridgehead atoms. The van der Waals surface area contributed by atoms with Crippen molar-refractivity contribution in [2.24, 2.45) is 0 Å². The van der Waals surface area contributed by atoms with Gasteiger partial charge in [0, 0.05) is 22.8 Å². The highest BCUT2D eigenvalue weighted by atomic mass is 32.2. The van der Waals surface area contributed by atoms with Crippen molar-refractivity contribution in [1.29, 1.82) is 0 Å². The van der Waals surface area contributed by atoms with E-state index in [4.69, 9.17) is 0 Å². The predicted molar refractivity (Wildman–Crippen MR) is 111 cm³/mol. The molecule has 0 aliphatic heterocycles. The number of pyridine rings is 1. The summed E-state index contributed by atoms with van der Waals surface area (Å²) in [6, 6.07) is 10.2. The number of sulfone groups is 1. The second kappa shape index (κ2) is 8.24. The Balaban J connectivity index is 1.68. The van der Waals surface area contributed by atoms with Crippen LogP contribution in [-0.4, -0.2) is 28.9 Å². The van der Waals surface area contributed by atoms with Gasteiger partial charge in [-0.2, -0.15) is 26.3 Å². The molecule has 2 aromatic heterocycles. The van der Waals surface area contributed by atoms with Crippen molar-refractivity contribution >= 4 is 32.2 Å². The summed E-state index contributed by atoms with van der Waals surface area (Å²) >= 11 is 0. The van der Waals surface area contributed by atoms with E-state index in [9.17, 15) is 34.8 Å². The van der Waals surface area contributed by atoms with Gasteiger partial charge in [-0.25, -0.2) is 18.4 Å². The van der Waals surface area contributed by atoms with Crippen LogP contribution in [0.25, 0.3) is 22.2 Å². The lowest BCUT2D eigenvalue weighted by molar-refractivity contribution is -0.137. The van der Waals surface area contributed by atoms with Crippen LogP contribution >= 0.6 is 0 Å². The lowest BCUT2D eigenvalue weighted by atomic mass is 10.0. The Hall–Kier alpha value is -3.74. The average Bonchev–Trinajstić information content (AvgIpc) is 2.78. The van der Waals surface area contributed by atoms with Crippen LogP contribution in [0.4, 0.5) is 37.8 Å². The summed E-state index contributed by atoms with van der Waals surface area (Å²) in [6.45, 7) is 0. The Morgan fingerprint density at radius 3 is 2.18 bits per heavy atom. The Bertz CT molecular complexity index is 1470. The third-order valence-electron chi connectivity index (χ3n) is 4.76. The van der Waals surface area contributed by atoms with Crippen LogP contribution in [0.3, 0.4) is 0 Å². The minimum Gasteiger partial charge on any atom is -0.340 e. The van der Waals surface area contributed by atoms with Crippen LogP contribution < -0.4 is 5.32 Å². The molecule has 2 heterocycles. The van der Waals surface area contributed by atoms with Gasteiger partial charge < -0.3 is 5.32 Å². The first kappa shape index (κ1) is 23.4. The van der Waals surface area contributed by atoms with Gasteiger partial charge in [0.2, 0.25) is 0 Å². The molecule has 4 rings (SSSR count). The molecule has 0 spiro atoms. The zero-order chi connectivity index (χ0) is 24.7. The number of alkyl halides is 6. The van der Waals surface area contributed by atoms with Gasteiger partial charge in [-0.3, -0.25) is 4.98 Å². The Morgan fingerprint density at radius 2 is 1.53 bits per heavy atom. The van der Waals surface area contributed by atoms with E-state index in [-0.39, 0.29) is 28.3 Å². The smallest absolute Gasteiger partial charge is 0.340 e. The summed E-state index contributed by atoms with van der Waals surface area (Å²) in [5, 5.41) is 3.24. The van der Waals surface area contributed by atoms with Crippen molar-refractivity contribution in [3.8, 4) is 11.3 Å². The summed E-state index contributed by atoms with van der Waals surface area (Å²) < 4.78 is 101. The molecule has 0 aliphatic carbocycles. The van der Waals surface area contributed by atoms with Gasteiger partial charge in [0.05, 0.1) is 21.7 Å². The fourth-order valence-corrected chi connectivity index (χ4v) is 3.92. The molecule has 176 valence electrons. The fraction of sp³-hybridized carbons (Fsp3) is 0.0952. The van der Waals surface area contributed by atoms with Crippen LogP contribution in [0.15, 0.2) is 72.0 Å². The van der Waals surface area contributed by atoms with Gasteiger partial charge in [-0.05, 0) is 48.5 Å². The number of anilines is 2. The highest BCUT2D eigenvalue weighted by Crippen LogP contribution is 2.37. The zero-order valence-electron chi connectivity index (χ0n) is 16.7. The standard InChI is InChI=1S/C21H12F6N4O2S/c22-20(23,24)16-2-1-9-28-18(16)12-3-8-15-17(10-12)29-11-30-19(15)31-13-4-6-14(7-5-13)34(32,33)21(25,26)27/h1-11H,(H,29,30,31). The quantitative estimate of drug-likeness (QED) is 0.361. The van der Waals surface area contributed by atoms with Gasteiger partial charge in [-0.15, -0.1) is 0 Å². The van der Waals surface area contributed by atoms with E-state index in [1.807, 2.05) is 0 Å². The molecular weight excluding hydrogens is 486 g/mol. The number of aromatic nitrogens is 3. The monoisotopic (exact) mass is 498 g/mol. The molecule has 0 atom stereocenters. The molecule has 6 nitrogen and oxygen atoms in total. The van der Waals surface area contributed by atoms with Crippen LogP contribution in [0.5, 0.6) is 0 Å². The molecule has 0 amide bonds. The third-order valence-corrected chi connectivity index (χ3v) is 6.26. The van der Waals surface area contributed by atoms with E-state index in [0.29, 0.717) is 5.39 Å². The number of fused-ring (bicyclic) bond motifs is 1. The van der Waals surface area contributed by atoms with E-state index in [1.165, 1.54) is 30.5 Å². The number of nitrogens with one attached hydrogen (secondary N) is 1. The van der Waals surface area contributed by atoms with Gasteiger partial charge in [0.15, 0.2) is 0 Å². The maximum Gasteiger partial charge on any atom is 0.501 e. The molecule has 1 N–H and O–H groups in total. The van der Waals surface area contributed by atoms with Crippen molar-refractivity contribution in [3.63, 3.8) is 0 Å². The summed E-state index contributed by atoms with van der Waals surface area (Å²) in [5.41, 5.74) is -5.92. The Labute approximate surface area is 188 Å². The van der Waals surface area contributed by atoms with Gasteiger partial charge in [-0.1, -0.05) is 6.07 Å². The van der Waals surface area contributed by atoms with Crippen LogP contribution in [-0.2, 0) is 16.0 Å². The largest absolute Gasteiger partial charge is 0.501 e. The van der Waals surface area contributed by atoms with Crippen LogP contribution in [0, 0.1) is 0 Å². The van der Waals surface area contributed by atoms with Crippen molar-refractivity contribution < 1.29 is 34.8 Å². The molecule has 0 saturated carbocycles. The lowest BCUT2D eigenvalue weighted by Crippen LogP contribution is -2.23. The maximum absolute atomic E-state index is 13.3. The SMILES string of the molecule is O=S(=O)(c1ccc(Nc2ncnc3cc(-c4ncccc4C(F)(F)F)ccc23)cc1)C(F)(F)F. The predicted octanol–water partition coefficient (Wildman–Crippen LogP) is 5.75. The molecule has 0 unspecified atom stereocenters. The van der Waals surface area contributed by atoms with Crippen LogP contribution in [0.2, 0.25) is 0 Å². The molecule has 0 fully saturated rings. The minimum absolute atomic E-state index is 0.173. The first-order valence-electron chi connectivity index (χ1n) is 9.34. The van der Waals surface area contributed by atoms with Crippen molar-refractivity contribution in [2.75, 3.05) is 5.32 Å². The number of benzene rings is 2. The van der Waals surface area contributed by atoms with E-state index in [0.717, 1.165) is 36.7 Å². The van der Waals surface area contributed by atoms with Crippen molar-refractivity contribution in [1.82, 2.24) is 15.0 Å². The first-order chi connectivity index (χ1) is 15.9. The Kier molecular flexibility index (Phi) is 5.67. The highest BCUT2D eigenvalue weighted by Gasteiger charge is 2.46. The number of nitrogens with zero attached hydrogens (tertiary/aromatic N) is 3. The van der Waals surface area contributed by atoms with Crippen LogP contribution in [0.1, 0.15) is 5.56 Å². The van der Waals surface area contributed by atoms with Crippen molar-refractivity contribution in [3.05, 3.63) is 72.7 Å². The number of halogens is 6. The number of hydrogen-bond donors (Lipinski definition) is 1. The number of hydrogen-bond acceptors (Lipinski definition) is 6. The molecule has 0 aliphatic rings. The van der Waals surface area contributed by atoms with E-state index < -0.39 is 32.0 Å². The molecule has 34 heavy (non-hydrogen) atoms. The third kappa shape index (κ3) is 4.38. The molecule has 4 aromatic rings. The molecule has 0 saturated heterocycles. The number of rotatable bonds is 4. The normalized spacial score (nSPS) is 12.6. The first-order valence-corrected chi connectivity index (χ1v) is 10.8. The molecule has 0 radical (unpaired) electrons.